The summed E-state index contributed by atoms with van der Waals surface area (Å²) in [6.45, 7) is 0.431. The second-order valence-corrected chi connectivity index (χ2v) is 6.28. The van der Waals surface area contributed by atoms with Gasteiger partial charge in [-0.1, -0.05) is 17.9 Å². The van der Waals surface area contributed by atoms with E-state index in [4.69, 9.17) is 10.00 Å². The van der Waals surface area contributed by atoms with E-state index in [0.29, 0.717) is 23.4 Å². The minimum absolute atomic E-state index is 0.0806. The van der Waals surface area contributed by atoms with Crippen molar-refractivity contribution < 1.29 is 19.1 Å². The molecule has 0 fully saturated rings. The number of nitrogens with one attached hydrogen (secondary N) is 2. The average molecular weight is 403 g/mol. The zero-order valence-electron chi connectivity index (χ0n) is 16.0. The molecule has 1 aromatic carbocycles. The fourth-order valence-electron chi connectivity index (χ4n) is 2.98. The molecule has 150 valence electrons. The lowest BCUT2D eigenvalue weighted by Gasteiger charge is -2.21. The second kappa shape index (κ2) is 9.22. The summed E-state index contributed by atoms with van der Waals surface area (Å²) < 4.78 is 5.17. The quantitative estimate of drug-likeness (QED) is 0.562. The maximum Gasteiger partial charge on any atom is 0.322 e. The molecule has 9 nitrogen and oxygen atoms in total. The molecular formula is C21H17N5O4. The number of hydrogen-bond donors (Lipinski definition) is 2. The van der Waals surface area contributed by atoms with Gasteiger partial charge in [0.2, 0.25) is 6.41 Å². The first-order valence-corrected chi connectivity index (χ1v) is 8.89. The van der Waals surface area contributed by atoms with Crippen molar-refractivity contribution >= 4 is 18.3 Å². The van der Waals surface area contributed by atoms with Crippen LogP contribution in [0.1, 0.15) is 27.2 Å². The Bertz CT molecular complexity index is 1100. The number of ether oxygens (including phenoxy) is 1. The smallest absolute Gasteiger partial charge is 0.322 e. The van der Waals surface area contributed by atoms with Gasteiger partial charge in [-0.05, 0) is 29.8 Å². The first-order chi connectivity index (χ1) is 14.5. The number of rotatable bonds is 5. The summed E-state index contributed by atoms with van der Waals surface area (Å²) in [5.74, 6) is 6.02. The number of nitrogens with zero attached hydrogens (tertiary/aromatic N) is 3. The van der Waals surface area contributed by atoms with Crippen LogP contribution in [0.25, 0.3) is 0 Å². The van der Waals surface area contributed by atoms with Gasteiger partial charge in [-0.15, -0.1) is 0 Å². The molecular weight excluding hydrogens is 386 g/mol. The zero-order valence-corrected chi connectivity index (χ0v) is 16.0. The molecule has 0 unspecified atom stereocenters. The monoisotopic (exact) mass is 403 g/mol. The van der Waals surface area contributed by atoms with Gasteiger partial charge in [-0.3, -0.25) is 14.9 Å². The number of carbonyl (C=O) groups excluding carboxylic acids is 3. The van der Waals surface area contributed by atoms with Crippen LogP contribution in [-0.2, 0) is 11.3 Å². The van der Waals surface area contributed by atoms with Crippen molar-refractivity contribution in [2.45, 2.75) is 12.6 Å². The van der Waals surface area contributed by atoms with Crippen molar-refractivity contribution in [3.63, 3.8) is 0 Å². The van der Waals surface area contributed by atoms with Gasteiger partial charge in [0.25, 0.3) is 5.91 Å². The largest absolute Gasteiger partial charge is 0.497 e. The van der Waals surface area contributed by atoms with Gasteiger partial charge in [-0.25, -0.2) is 9.78 Å². The molecule has 1 aromatic heterocycles. The molecule has 4 amide bonds. The number of hydrogen-bond acceptors (Lipinski definition) is 6. The van der Waals surface area contributed by atoms with E-state index in [1.807, 2.05) is 17.5 Å². The molecule has 0 saturated carbocycles. The summed E-state index contributed by atoms with van der Waals surface area (Å²) in [6.07, 6.45) is 1.73. The lowest BCUT2D eigenvalue weighted by atomic mass is 10.1. The van der Waals surface area contributed by atoms with E-state index in [-0.39, 0.29) is 24.6 Å². The van der Waals surface area contributed by atoms with Crippen molar-refractivity contribution in [2.75, 3.05) is 13.7 Å². The first kappa shape index (κ1) is 20.4. The fourth-order valence-corrected chi connectivity index (χ4v) is 2.98. The summed E-state index contributed by atoms with van der Waals surface area (Å²) >= 11 is 0. The average Bonchev–Trinajstić information content (AvgIpc) is 3.07. The van der Waals surface area contributed by atoms with Gasteiger partial charge in [0.1, 0.15) is 17.9 Å². The Morgan fingerprint density at radius 2 is 2.27 bits per heavy atom. The number of pyridine rings is 1. The Morgan fingerprint density at radius 3 is 3.00 bits per heavy atom. The summed E-state index contributed by atoms with van der Waals surface area (Å²) in [7, 11) is 1.52. The van der Waals surface area contributed by atoms with Crippen molar-refractivity contribution in [3.8, 4) is 23.7 Å². The van der Waals surface area contributed by atoms with Crippen molar-refractivity contribution in [3.05, 3.63) is 58.9 Å². The molecule has 30 heavy (non-hydrogen) atoms. The molecule has 1 aliphatic rings. The summed E-state index contributed by atoms with van der Waals surface area (Å²) in [4.78, 5) is 40.6. The number of fused-ring (bicyclic) bond motifs is 1. The molecule has 0 aliphatic carbocycles. The van der Waals surface area contributed by atoms with E-state index in [9.17, 15) is 14.4 Å². The minimum Gasteiger partial charge on any atom is -0.497 e. The van der Waals surface area contributed by atoms with Crippen LogP contribution in [0.2, 0.25) is 0 Å². The van der Waals surface area contributed by atoms with Gasteiger partial charge < -0.3 is 15.0 Å². The number of imide groups is 1. The summed E-state index contributed by atoms with van der Waals surface area (Å²) in [6, 6.07) is 8.93. The fraction of sp³-hybridized carbons (Fsp3) is 0.190. The lowest BCUT2D eigenvalue weighted by molar-refractivity contribution is -0.108. The zero-order chi connectivity index (χ0) is 21.5. The third-order valence-corrected chi connectivity index (χ3v) is 4.39. The third-order valence-electron chi connectivity index (χ3n) is 4.39. The predicted octanol–water partition coefficient (Wildman–Crippen LogP) is 0.794. The van der Waals surface area contributed by atoms with Gasteiger partial charge in [-0.2, -0.15) is 5.26 Å². The molecule has 2 N–H and O–H groups in total. The van der Waals surface area contributed by atoms with E-state index < -0.39 is 12.1 Å². The number of methoxy groups -OCH3 is 1. The minimum atomic E-state index is -0.795. The van der Waals surface area contributed by atoms with Crippen LogP contribution < -0.4 is 15.4 Å². The number of carbonyl (C=O) groups is 3. The number of aromatic nitrogens is 1. The van der Waals surface area contributed by atoms with E-state index in [1.54, 1.807) is 29.2 Å². The van der Waals surface area contributed by atoms with Crippen LogP contribution in [0.5, 0.6) is 5.75 Å². The Balaban J connectivity index is 1.83. The molecule has 3 rings (SSSR count). The van der Waals surface area contributed by atoms with Crippen LogP contribution in [0.15, 0.2) is 36.5 Å². The second-order valence-electron chi connectivity index (χ2n) is 6.28. The van der Waals surface area contributed by atoms with Crippen LogP contribution in [-0.4, -0.2) is 47.9 Å². The Morgan fingerprint density at radius 1 is 1.43 bits per heavy atom. The Labute approximate surface area is 172 Å². The number of amides is 4. The highest BCUT2D eigenvalue weighted by molar-refractivity contribution is 5.98. The van der Waals surface area contributed by atoms with Crippen LogP contribution in [0.4, 0.5) is 4.79 Å². The topological polar surface area (TPSA) is 124 Å². The van der Waals surface area contributed by atoms with Gasteiger partial charge in [0.05, 0.1) is 19.2 Å². The maximum absolute atomic E-state index is 12.8. The third kappa shape index (κ3) is 4.54. The maximum atomic E-state index is 12.8. The van der Waals surface area contributed by atoms with Crippen LogP contribution >= 0.6 is 0 Å². The van der Waals surface area contributed by atoms with Crippen LogP contribution in [0, 0.1) is 23.2 Å². The first-order valence-electron chi connectivity index (χ1n) is 8.89. The number of urea groups is 1. The SMILES string of the molecule is COc1ccc2c(c1)C(=O)N(C[C@@H](C#Cc1cccnc1C#N)NC(=O)NC=O)C2. The van der Waals surface area contributed by atoms with E-state index in [0.717, 1.165) is 5.56 Å². The molecule has 0 spiro atoms. The van der Waals surface area contributed by atoms with E-state index in [1.165, 1.54) is 13.3 Å². The standard InChI is InChI=1S/C21H17N5O4/c1-30-17-7-5-15-11-26(20(28)18(15)9-17)12-16(25-21(29)24-13-27)6-4-14-3-2-8-23-19(14)10-22/h2-3,5,7-9,13,16H,11-12H2,1H3,(H2,24,25,27,29)/t16-/m1/s1. The Kier molecular flexibility index (Phi) is 6.26. The molecule has 9 heteroatoms. The highest BCUT2D eigenvalue weighted by Crippen LogP contribution is 2.26. The molecule has 0 saturated heterocycles. The number of benzene rings is 1. The Hall–Kier alpha value is -4.37. The lowest BCUT2D eigenvalue weighted by Crippen LogP contribution is -2.46. The van der Waals surface area contributed by atoms with E-state index in [2.05, 4.69) is 22.1 Å². The summed E-state index contributed by atoms with van der Waals surface area (Å²) in [5, 5.41) is 13.7. The van der Waals surface area contributed by atoms with Gasteiger partial charge in [0.15, 0.2) is 5.69 Å². The highest BCUT2D eigenvalue weighted by Gasteiger charge is 2.29. The predicted molar refractivity (Wildman–Crippen MR) is 105 cm³/mol. The highest BCUT2D eigenvalue weighted by atomic mass is 16.5. The van der Waals surface area contributed by atoms with Crippen molar-refractivity contribution in [1.82, 2.24) is 20.5 Å². The molecule has 1 aliphatic heterocycles. The molecule has 0 bridgehead atoms. The van der Waals surface area contributed by atoms with Gasteiger partial charge in [0, 0.05) is 18.3 Å². The number of nitriles is 1. The summed E-state index contributed by atoms with van der Waals surface area (Å²) in [5.41, 5.74) is 1.91. The molecule has 1 atom stereocenters. The van der Waals surface area contributed by atoms with Crippen LogP contribution in [0.3, 0.4) is 0 Å². The van der Waals surface area contributed by atoms with Crippen molar-refractivity contribution in [1.29, 1.82) is 5.26 Å². The van der Waals surface area contributed by atoms with Crippen molar-refractivity contribution in [2.24, 2.45) is 0 Å². The molecule has 2 aromatic rings. The van der Waals surface area contributed by atoms with E-state index >= 15 is 0 Å². The molecule has 0 radical (unpaired) electrons. The molecule has 2 heterocycles. The normalized spacial score (nSPS) is 12.7. The van der Waals surface area contributed by atoms with Gasteiger partial charge >= 0.3 is 6.03 Å².